The summed E-state index contributed by atoms with van der Waals surface area (Å²) in [6.07, 6.45) is 2.35. The molecule has 3 N–H and O–H groups in total. The molecule has 1 aromatic heterocycles. The number of anilines is 1. The molecule has 0 spiro atoms. The lowest BCUT2D eigenvalue weighted by atomic mass is 10.1. The highest BCUT2D eigenvalue weighted by molar-refractivity contribution is 5.91. The predicted octanol–water partition coefficient (Wildman–Crippen LogP) is 2.34. The average molecular weight is 287 g/mol. The number of piperidine rings is 1. The van der Waals surface area contributed by atoms with Crippen molar-refractivity contribution in [2.75, 3.05) is 18.8 Å². The Balaban J connectivity index is 1.77. The van der Waals surface area contributed by atoms with Crippen molar-refractivity contribution in [3.63, 3.8) is 0 Å². The number of fused-ring (bicyclic) bond motifs is 1. The summed E-state index contributed by atoms with van der Waals surface area (Å²) in [5, 5.41) is 10.9. The van der Waals surface area contributed by atoms with Gasteiger partial charge in [0.1, 0.15) is 17.7 Å². The number of nitrogens with two attached hydrogens (primary N) is 1. The number of likely N-dealkylation sites (tertiary alicyclic amines) is 1. The normalized spacial score (nSPS) is 18.7. The van der Waals surface area contributed by atoms with Gasteiger partial charge in [0.2, 0.25) is 0 Å². The van der Waals surface area contributed by atoms with E-state index >= 15 is 0 Å². The monoisotopic (exact) mass is 287 g/mol. The van der Waals surface area contributed by atoms with E-state index < -0.39 is 6.09 Å². The van der Waals surface area contributed by atoms with Crippen LogP contribution in [-0.2, 0) is 0 Å². The first-order valence-corrected chi connectivity index (χ1v) is 6.92. The van der Waals surface area contributed by atoms with Crippen LogP contribution in [0.3, 0.4) is 0 Å². The Kier molecular flexibility index (Phi) is 3.51. The smallest absolute Gasteiger partial charge is 0.407 e. The molecular formula is C15H17N3O3. The molecule has 2 heterocycles. The number of carboxylic acid groups (broad SMARTS) is 1. The highest BCUT2D eigenvalue weighted by atomic mass is 16.5. The highest BCUT2D eigenvalue weighted by Gasteiger charge is 2.24. The van der Waals surface area contributed by atoms with Crippen LogP contribution in [0.5, 0.6) is 5.75 Å². The molecule has 0 aliphatic carbocycles. The maximum atomic E-state index is 11.0. The van der Waals surface area contributed by atoms with Crippen LogP contribution in [0.4, 0.5) is 10.6 Å². The van der Waals surface area contributed by atoms with Gasteiger partial charge in [0.15, 0.2) is 0 Å². The van der Waals surface area contributed by atoms with Crippen LogP contribution in [-0.4, -0.2) is 40.3 Å². The third-order valence-corrected chi connectivity index (χ3v) is 3.72. The van der Waals surface area contributed by atoms with Gasteiger partial charge in [0.25, 0.3) is 0 Å². The standard InChI is InChI=1S/C15H17N3O3/c16-14-13-4-3-11(8-10(13)5-6-17-14)21-12-2-1-7-18(9-12)15(19)20/h3-6,8,12H,1-2,7,9H2,(H2,16,17)(H,19,20). The second-order valence-electron chi connectivity index (χ2n) is 5.19. The Hall–Kier alpha value is -2.50. The van der Waals surface area contributed by atoms with E-state index in [0.717, 1.165) is 29.4 Å². The lowest BCUT2D eigenvalue weighted by molar-refractivity contribution is 0.0792. The minimum atomic E-state index is -0.888. The fraction of sp³-hybridized carbons (Fsp3) is 0.333. The van der Waals surface area contributed by atoms with Crippen molar-refractivity contribution in [1.29, 1.82) is 0 Å². The molecule has 1 unspecified atom stereocenters. The molecule has 110 valence electrons. The van der Waals surface area contributed by atoms with Crippen LogP contribution in [0.2, 0.25) is 0 Å². The quantitative estimate of drug-likeness (QED) is 0.885. The SMILES string of the molecule is Nc1nccc2cc(OC3CCCN(C(=O)O)C3)ccc12. The number of nitrogens with zero attached hydrogens (tertiary/aromatic N) is 2. The predicted molar refractivity (Wildman–Crippen MR) is 79.4 cm³/mol. The topological polar surface area (TPSA) is 88.7 Å². The molecule has 1 aliphatic rings. The maximum absolute atomic E-state index is 11.0. The van der Waals surface area contributed by atoms with Crippen LogP contribution in [0.1, 0.15) is 12.8 Å². The van der Waals surface area contributed by atoms with Crippen LogP contribution >= 0.6 is 0 Å². The molecule has 0 radical (unpaired) electrons. The van der Waals surface area contributed by atoms with Gasteiger partial charge < -0.3 is 20.5 Å². The zero-order chi connectivity index (χ0) is 14.8. The summed E-state index contributed by atoms with van der Waals surface area (Å²) < 4.78 is 5.92. The molecule has 1 atom stereocenters. The number of ether oxygens (including phenoxy) is 1. The molecule has 1 fully saturated rings. The van der Waals surface area contributed by atoms with Crippen LogP contribution < -0.4 is 10.5 Å². The van der Waals surface area contributed by atoms with Crippen molar-refractivity contribution < 1.29 is 14.6 Å². The minimum absolute atomic E-state index is 0.105. The second-order valence-corrected chi connectivity index (χ2v) is 5.19. The average Bonchev–Trinajstić information content (AvgIpc) is 2.47. The molecular weight excluding hydrogens is 270 g/mol. The third kappa shape index (κ3) is 2.84. The summed E-state index contributed by atoms with van der Waals surface area (Å²) in [6.45, 7) is 0.987. The first kappa shape index (κ1) is 13.5. The van der Waals surface area contributed by atoms with Gasteiger partial charge in [-0.3, -0.25) is 0 Å². The summed E-state index contributed by atoms with van der Waals surface area (Å²) in [4.78, 5) is 16.5. The summed E-state index contributed by atoms with van der Waals surface area (Å²) in [7, 11) is 0. The van der Waals surface area contributed by atoms with Crippen molar-refractivity contribution in [3.8, 4) is 5.75 Å². The minimum Gasteiger partial charge on any atom is -0.489 e. The molecule has 1 aromatic carbocycles. The van der Waals surface area contributed by atoms with E-state index in [0.29, 0.717) is 18.9 Å². The third-order valence-electron chi connectivity index (χ3n) is 3.72. The van der Waals surface area contributed by atoms with Gasteiger partial charge in [0, 0.05) is 18.1 Å². The zero-order valence-corrected chi connectivity index (χ0v) is 11.5. The van der Waals surface area contributed by atoms with Crippen molar-refractivity contribution >= 4 is 22.7 Å². The van der Waals surface area contributed by atoms with Gasteiger partial charge in [-0.1, -0.05) is 0 Å². The lowest BCUT2D eigenvalue weighted by Gasteiger charge is -2.31. The summed E-state index contributed by atoms with van der Waals surface area (Å²) >= 11 is 0. The fourth-order valence-electron chi connectivity index (χ4n) is 2.65. The number of nitrogen functional groups attached to an aromatic ring is 1. The Morgan fingerprint density at radius 2 is 2.29 bits per heavy atom. The van der Waals surface area contributed by atoms with Crippen molar-refractivity contribution in [2.24, 2.45) is 0 Å². The van der Waals surface area contributed by atoms with E-state index in [9.17, 15) is 4.79 Å². The Morgan fingerprint density at radius 1 is 1.43 bits per heavy atom. The molecule has 6 nitrogen and oxygen atoms in total. The Morgan fingerprint density at radius 3 is 3.10 bits per heavy atom. The fourth-order valence-corrected chi connectivity index (χ4v) is 2.65. The number of benzene rings is 1. The molecule has 21 heavy (non-hydrogen) atoms. The van der Waals surface area contributed by atoms with Gasteiger partial charge in [-0.25, -0.2) is 9.78 Å². The van der Waals surface area contributed by atoms with Gasteiger partial charge in [-0.2, -0.15) is 0 Å². The van der Waals surface area contributed by atoms with Crippen LogP contribution in [0.15, 0.2) is 30.5 Å². The van der Waals surface area contributed by atoms with Crippen molar-refractivity contribution in [1.82, 2.24) is 9.88 Å². The highest BCUT2D eigenvalue weighted by Crippen LogP contribution is 2.25. The zero-order valence-electron chi connectivity index (χ0n) is 11.5. The van der Waals surface area contributed by atoms with Crippen LogP contribution in [0, 0.1) is 0 Å². The summed E-state index contributed by atoms with van der Waals surface area (Å²) in [5.74, 6) is 1.22. The van der Waals surface area contributed by atoms with Crippen molar-refractivity contribution in [2.45, 2.75) is 18.9 Å². The van der Waals surface area contributed by atoms with Crippen LogP contribution in [0.25, 0.3) is 10.8 Å². The summed E-state index contributed by atoms with van der Waals surface area (Å²) in [6, 6.07) is 7.51. The van der Waals surface area contributed by atoms with Gasteiger partial charge >= 0.3 is 6.09 Å². The van der Waals surface area contributed by atoms with E-state index in [-0.39, 0.29) is 6.10 Å². The first-order valence-electron chi connectivity index (χ1n) is 6.92. The van der Waals surface area contributed by atoms with E-state index in [2.05, 4.69) is 4.98 Å². The molecule has 6 heteroatoms. The van der Waals surface area contributed by atoms with E-state index in [4.69, 9.17) is 15.6 Å². The number of hydrogen-bond donors (Lipinski definition) is 2. The number of rotatable bonds is 2. The Bertz CT molecular complexity index is 674. The Labute approximate surface area is 122 Å². The largest absolute Gasteiger partial charge is 0.489 e. The number of pyridine rings is 1. The number of hydrogen-bond acceptors (Lipinski definition) is 4. The molecule has 2 aromatic rings. The maximum Gasteiger partial charge on any atom is 0.407 e. The van der Waals surface area contributed by atoms with Gasteiger partial charge in [-0.15, -0.1) is 0 Å². The van der Waals surface area contributed by atoms with Gasteiger partial charge in [0.05, 0.1) is 6.54 Å². The molecule has 1 aliphatic heterocycles. The summed E-state index contributed by atoms with van der Waals surface area (Å²) in [5.41, 5.74) is 5.82. The molecule has 3 rings (SSSR count). The lowest BCUT2D eigenvalue weighted by Crippen LogP contribution is -2.43. The number of aromatic nitrogens is 1. The molecule has 0 bridgehead atoms. The van der Waals surface area contributed by atoms with E-state index in [1.165, 1.54) is 4.90 Å². The second kappa shape index (κ2) is 5.47. The van der Waals surface area contributed by atoms with Crippen molar-refractivity contribution in [3.05, 3.63) is 30.5 Å². The first-order chi connectivity index (χ1) is 10.1. The van der Waals surface area contributed by atoms with Gasteiger partial charge in [-0.05, 0) is 42.5 Å². The molecule has 1 saturated heterocycles. The number of amides is 1. The molecule has 0 saturated carbocycles. The number of carbonyl (C=O) groups is 1. The van der Waals surface area contributed by atoms with E-state index in [1.54, 1.807) is 6.20 Å². The van der Waals surface area contributed by atoms with E-state index in [1.807, 2.05) is 24.3 Å². The molecule has 1 amide bonds.